The van der Waals surface area contributed by atoms with Crippen molar-refractivity contribution in [1.82, 2.24) is 39.7 Å². The fraction of sp³-hybridized carbons (Fsp3) is 0.379. The van der Waals surface area contributed by atoms with Gasteiger partial charge in [-0.1, -0.05) is 60.7 Å². The number of aliphatic hydroxyl groups is 3. The molecule has 3 aromatic heterocycles. The minimum atomic E-state index is -1.32. The van der Waals surface area contributed by atoms with Crippen LogP contribution in [0.2, 0.25) is 0 Å². The third kappa shape index (κ3) is 6.03. The molecule has 1 fully saturated rings. The van der Waals surface area contributed by atoms with Crippen molar-refractivity contribution in [2.24, 2.45) is 0 Å². The smallest absolute Gasteiger partial charge is 0.231 e. The maximum Gasteiger partial charge on any atom is 0.231 e. The molecule has 6 rings (SSSR count). The second-order valence-electron chi connectivity index (χ2n) is 10.3. The fourth-order valence-electron chi connectivity index (χ4n) is 5.07. The maximum absolute atomic E-state index is 11.0. The van der Waals surface area contributed by atoms with Crippen molar-refractivity contribution in [3.8, 4) is 0 Å². The van der Waals surface area contributed by atoms with Gasteiger partial charge in [-0.2, -0.15) is 14.8 Å². The lowest BCUT2D eigenvalue weighted by Gasteiger charge is -2.22. The molecule has 14 heteroatoms. The fourth-order valence-corrected chi connectivity index (χ4v) is 5.07. The molecule has 0 aliphatic carbocycles. The Balaban J connectivity index is 1.32. The van der Waals surface area contributed by atoms with Gasteiger partial charge in [-0.3, -0.25) is 4.57 Å². The van der Waals surface area contributed by atoms with Crippen molar-refractivity contribution in [3.05, 3.63) is 83.9 Å². The highest BCUT2D eigenvalue weighted by molar-refractivity contribution is 5.84. The third-order valence-corrected chi connectivity index (χ3v) is 7.44. The van der Waals surface area contributed by atoms with E-state index < -0.39 is 24.5 Å². The topological polar surface area (TPSA) is 172 Å². The molecule has 4 N–H and O–H groups in total. The Morgan fingerprint density at radius 2 is 1.67 bits per heavy atom. The molecule has 2 aromatic carbocycles. The number of rotatable bonds is 12. The predicted octanol–water partition coefficient (Wildman–Crippen LogP) is 1.48. The summed E-state index contributed by atoms with van der Waals surface area (Å²) in [5, 5.41) is 47.8. The van der Waals surface area contributed by atoms with Crippen LogP contribution in [0.25, 0.3) is 11.2 Å². The summed E-state index contributed by atoms with van der Waals surface area (Å²) in [5.74, 6) is 0.934. The van der Waals surface area contributed by atoms with Crippen molar-refractivity contribution in [2.75, 3.05) is 30.0 Å². The first-order chi connectivity index (χ1) is 21.1. The minimum absolute atomic E-state index is 0.172. The van der Waals surface area contributed by atoms with Crippen LogP contribution < -0.4 is 10.2 Å². The zero-order valence-corrected chi connectivity index (χ0v) is 23.7. The minimum Gasteiger partial charge on any atom is -0.387 e. The van der Waals surface area contributed by atoms with E-state index >= 15 is 0 Å². The second kappa shape index (κ2) is 12.8. The van der Waals surface area contributed by atoms with Crippen LogP contribution in [0.4, 0.5) is 11.8 Å². The molecule has 1 aliphatic rings. The Bertz CT molecular complexity index is 1630. The number of tetrazole rings is 1. The number of imidazole rings is 1. The number of benzene rings is 2. The van der Waals surface area contributed by atoms with Gasteiger partial charge >= 0.3 is 0 Å². The lowest BCUT2D eigenvalue weighted by molar-refractivity contribution is -0.0384. The van der Waals surface area contributed by atoms with Gasteiger partial charge < -0.3 is 30.3 Å². The average molecular weight is 587 g/mol. The van der Waals surface area contributed by atoms with Crippen LogP contribution in [0.5, 0.6) is 0 Å². The largest absolute Gasteiger partial charge is 0.387 e. The summed E-state index contributed by atoms with van der Waals surface area (Å²) in [7, 11) is 0. The van der Waals surface area contributed by atoms with Crippen LogP contribution in [0, 0.1) is 0 Å². The van der Waals surface area contributed by atoms with Crippen LogP contribution in [0.15, 0.2) is 67.0 Å². The number of aryl methyl sites for hydroxylation is 1. The van der Waals surface area contributed by atoms with E-state index in [0.29, 0.717) is 43.0 Å². The number of hydrogen-bond acceptors (Lipinski definition) is 12. The number of nitrogens with one attached hydrogen (secondary N) is 1. The lowest BCUT2D eigenvalue weighted by atomic mass is 10.1. The quantitative estimate of drug-likeness (QED) is 0.155. The number of anilines is 2. The zero-order valence-electron chi connectivity index (χ0n) is 23.7. The highest BCUT2D eigenvalue weighted by Crippen LogP contribution is 2.39. The normalized spacial score (nSPS) is 20.1. The summed E-state index contributed by atoms with van der Waals surface area (Å²) >= 11 is 0. The van der Waals surface area contributed by atoms with Crippen molar-refractivity contribution in [2.45, 2.75) is 50.8 Å². The summed E-state index contributed by atoms with van der Waals surface area (Å²) in [6.45, 7) is 3.10. The molecule has 43 heavy (non-hydrogen) atoms. The number of aromatic nitrogens is 8. The van der Waals surface area contributed by atoms with E-state index in [1.54, 1.807) is 9.47 Å². The molecule has 1 saturated heterocycles. The van der Waals surface area contributed by atoms with Gasteiger partial charge in [0, 0.05) is 13.1 Å². The number of hydrogen-bond donors (Lipinski definition) is 4. The lowest BCUT2D eigenvalue weighted by Crippen LogP contribution is -2.30. The van der Waals surface area contributed by atoms with Crippen molar-refractivity contribution in [1.29, 1.82) is 0 Å². The zero-order chi connectivity index (χ0) is 29.8. The summed E-state index contributed by atoms with van der Waals surface area (Å²) < 4.78 is 7.66. The van der Waals surface area contributed by atoms with Crippen molar-refractivity contribution in [3.63, 3.8) is 0 Å². The SMILES string of the molecule is CCn1nnc([C@H]2O[C@@H](n3cnc4c(NCCc5ccccc5)nc(N(CO)CCc5ccccc5)nc43)[C@H](O)[C@@H]2O)n1. The van der Waals surface area contributed by atoms with E-state index in [4.69, 9.17) is 14.7 Å². The molecule has 224 valence electrons. The van der Waals surface area contributed by atoms with E-state index in [9.17, 15) is 15.3 Å². The molecule has 14 nitrogen and oxygen atoms in total. The molecule has 0 spiro atoms. The van der Waals surface area contributed by atoms with E-state index in [0.717, 1.165) is 12.0 Å². The molecule has 0 bridgehead atoms. The van der Waals surface area contributed by atoms with Crippen LogP contribution in [0.1, 0.15) is 36.2 Å². The standard InChI is InChI=1S/C29H34N10O4/c1-2-39-35-26(34-36-39)24-22(41)23(42)28(43-24)38-17-31-21-25(30-15-13-19-9-5-3-6-10-19)32-29(33-27(21)38)37(18-40)16-14-20-11-7-4-8-12-20/h3-12,17,22-24,28,40-42H,2,13-16,18H2,1H3,(H,30,32,33)/t22-,23+,24-,28+/m0/s1. The first-order valence-corrected chi connectivity index (χ1v) is 14.3. The molecule has 4 atom stereocenters. The maximum atomic E-state index is 11.0. The first-order valence-electron chi connectivity index (χ1n) is 14.3. The van der Waals surface area contributed by atoms with E-state index in [1.165, 1.54) is 16.7 Å². The van der Waals surface area contributed by atoms with E-state index in [-0.39, 0.29) is 18.5 Å². The average Bonchev–Trinajstić information content (AvgIpc) is 3.76. The van der Waals surface area contributed by atoms with E-state index in [2.05, 4.69) is 37.8 Å². The molecule has 0 saturated carbocycles. The molecule has 1 aliphatic heterocycles. The molecular weight excluding hydrogens is 552 g/mol. The summed E-state index contributed by atoms with van der Waals surface area (Å²) in [6, 6.07) is 20.1. The number of fused-ring (bicyclic) bond motifs is 1. The Hall–Kier alpha value is -4.50. The molecule has 0 unspecified atom stereocenters. The highest BCUT2D eigenvalue weighted by Gasteiger charge is 2.47. The summed E-state index contributed by atoms with van der Waals surface area (Å²) in [6.07, 6.45) is -1.74. The Morgan fingerprint density at radius 1 is 0.953 bits per heavy atom. The monoisotopic (exact) mass is 586 g/mol. The van der Waals surface area contributed by atoms with Gasteiger partial charge in [-0.25, -0.2) is 4.98 Å². The summed E-state index contributed by atoms with van der Waals surface area (Å²) in [4.78, 5) is 17.1. The van der Waals surface area contributed by atoms with Gasteiger partial charge in [0.25, 0.3) is 0 Å². The molecule has 0 amide bonds. The van der Waals surface area contributed by atoms with Crippen molar-refractivity contribution >= 4 is 22.9 Å². The van der Waals surface area contributed by atoms with Crippen LogP contribution >= 0.6 is 0 Å². The van der Waals surface area contributed by atoms with Gasteiger partial charge in [-0.15, -0.1) is 10.2 Å². The first kappa shape index (κ1) is 28.6. The van der Waals surface area contributed by atoms with Crippen LogP contribution in [-0.2, 0) is 24.1 Å². The van der Waals surface area contributed by atoms with Crippen LogP contribution in [0.3, 0.4) is 0 Å². The summed E-state index contributed by atoms with van der Waals surface area (Å²) in [5.41, 5.74) is 3.11. The number of nitrogens with zero attached hydrogens (tertiary/aromatic N) is 9. The van der Waals surface area contributed by atoms with E-state index in [1.807, 2.05) is 55.5 Å². The molecule has 5 aromatic rings. The van der Waals surface area contributed by atoms with Gasteiger partial charge in [0.1, 0.15) is 18.9 Å². The Kier molecular flexibility index (Phi) is 8.51. The molecule has 0 radical (unpaired) electrons. The van der Waals surface area contributed by atoms with Gasteiger partial charge in [-0.05, 0) is 36.1 Å². The van der Waals surface area contributed by atoms with Gasteiger partial charge in [0.05, 0.1) is 12.9 Å². The van der Waals surface area contributed by atoms with Crippen LogP contribution in [-0.4, -0.2) is 87.1 Å². The van der Waals surface area contributed by atoms with Gasteiger partial charge in [0.15, 0.2) is 29.3 Å². The number of ether oxygens (including phenoxy) is 1. The molecular formula is C29H34N10O4. The van der Waals surface area contributed by atoms with Gasteiger partial charge in [0.2, 0.25) is 11.8 Å². The Morgan fingerprint density at radius 3 is 2.35 bits per heavy atom. The highest BCUT2D eigenvalue weighted by atomic mass is 16.6. The second-order valence-corrected chi connectivity index (χ2v) is 10.3. The Labute approximate surface area is 247 Å². The number of aliphatic hydroxyl groups excluding tert-OH is 3. The third-order valence-electron chi connectivity index (χ3n) is 7.44. The predicted molar refractivity (Wildman–Crippen MR) is 157 cm³/mol. The molecule has 4 heterocycles. The van der Waals surface area contributed by atoms with Crippen molar-refractivity contribution < 1.29 is 20.1 Å².